The number of cyclic esters (lactones) is 1. The van der Waals surface area contributed by atoms with Crippen LogP contribution < -0.4 is 0 Å². The SMILES string of the molecule is CC1CC(N(C)C)C(O)C(OC2C(C)C[C@]3(CO3)C(=O)[C@H](C)[C@@H](O)C(C)C(C)OC(=O)[C@H](C)C(OC3CC=C(O)C(C)O3)C2C)O1. The predicted molar refractivity (Wildman–Crippen MR) is 168 cm³/mol. The van der Waals surface area contributed by atoms with Gasteiger partial charge in [0.2, 0.25) is 0 Å². The van der Waals surface area contributed by atoms with Gasteiger partial charge in [0.1, 0.15) is 24.1 Å². The largest absolute Gasteiger partial charge is 0.510 e. The lowest BCUT2D eigenvalue weighted by molar-refractivity contribution is -0.289. The van der Waals surface area contributed by atoms with Gasteiger partial charge in [0.05, 0.1) is 36.9 Å². The molecule has 0 amide bonds. The van der Waals surface area contributed by atoms with E-state index in [1.165, 1.54) is 0 Å². The molecule has 264 valence electrons. The van der Waals surface area contributed by atoms with Gasteiger partial charge in [-0.05, 0) is 66.6 Å². The first-order chi connectivity index (χ1) is 21.5. The van der Waals surface area contributed by atoms with Crippen molar-refractivity contribution in [3.63, 3.8) is 0 Å². The van der Waals surface area contributed by atoms with Crippen LogP contribution in [0.15, 0.2) is 11.8 Å². The highest BCUT2D eigenvalue weighted by Gasteiger charge is 2.57. The Morgan fingerprint density at radius 2 is 1.54 bits per heavy atom. The van der Waals surface area contributed by atoms with Gasteiger partial charge in [-0.15, -0.1) is 0 Å². The molecule has 1 spiro atoms. The molecule has 4 aliphatic rings. The molecule has 4 rings (SSSR count). The van der Waals surface area contributed by atoms with E-state index in [0.717, 1.165) is 0 Å². The quantitative estimate of drug-likeness (QED) is 0.294. The van der Waals surface area contributed by atoms with Crippen molar-refractivity contribution < 1.29 is 53.3 Å². The van der Waals surface area contributed by atoms with Crippen molar-refractivity contribution >= 4 is 11.8 Å². The van der Waals surface area contributed by atoms with Crippen LogP contribution in [-0.2, 0) is 38.0 Å². The maximum absolute atomic E-state index is 13.8. The van der Waals surface area contributed by atoms with E-state index in [-0.39, 0.29) is 42.6 Å². The van der Waals surface area contributed by atoms with E-state index >= 15 is 0 Å². The Morgan fingerprint density at radius 3 is 2.13 bits per heavy atom. The van der Waals surface area contributed by atoms with Crippen molar-refractivity contribution in [2.75, 3.05) is 20.7 Å². The van der Waals surface area contributed by atoms with Crippen molar-refractivity contribution in [2.24, 2.45) is 29.6 Å². The Kier molecular flexibility index (Phi) is 12.0. The molecule has 3 N–H and O–H groups in total. The average molecular weight is 656 g/mol. The summed E-state index contributed by atoms with van der Waals surface area (Å²) in [5.41, 5.74) is -1.08. The molecule has 0 bridgehead atoms. The van der Waals surface area contributed by atoms with Gasteiger partial charge < -0.3 is 48.6 Å². The summed E-state index contributed by atoms with van der Waals surface area (Å²) in [6.07, 6.45) is -3.84. The number of ketones is 1. The lowest BCUT2D eigenvalue weighted by Crippen LogP contribution is -2.57. The minimum atomic E-state index is -1.08. The number of hydrogen-bond donors (Lipinski definition) is 3. The number of carbonyl (C=O) groups is 2. The van der Waals surface area contributed by atoms with Gasteiger partial charge in [-0.1, -0.05) is 27.7 Å². The molecule has 16 atom stereocenters. The second kappa shape index (κ2) is 14.9. The van der Waals surface area contributed by atoms with Gasteiger partial charge in [-0.25, -0.2) is 0 Å². The highest BCUT2D eigenvalue weighted by atomic mass is 16.7. The third-order valence-corrected chi connectivity index (χ3v) is 10.7. The first-order valence-corrected chi connectivity index (χ1v) is 16.9. The number of nitrogens with zero attached hydrogens (tertiary/aromatic N) is 1. The molecule has 12 unspecified atom stereocenters. The fourth-order valence-corrected chi connectivity index (χ4v) is 7.39. The van der Waals surface area contributed by atoms with Gasteiger partial charge in [-0.3, -0.25) is 9.59 Å². The summed E-state index contributed by atoms with van der Waals surface area (Å²) in [5.74, 6) is -3.50. The first kappa shape index (κ1) is 37.2. The number of epoxide rings is 1. The molecule has 12 nitrogen and oxygen atoms in total. The van der Waals surface area contributed by atoms with Crippen molar-refractivity contribution in [3.8, 4) is 0 Å². The van der Waals surface area contributed by atoms with E-state index in [0.29, 0.717) is 12.8 Å². The minimum Gasteiger partial charge on any atom is -0.510 e. The Balaban J connectivity index is 1.74. The van der Waals surface area contributed by atoms with Gasteiger partial charge >= 0.3 is 5.97 Å². The van der Waals surface area contributed by atoms with Crippen LogP contribution >= 0.6 is 0 Å². The van der Waals surface area contributed by atoms with E-state index in [1.807, 2.05) is 39.8 Å². The standard InChI is InChI=1S/C34H57NO11/c1-16-14-34(15-41-34)31(39)19(4)27(37)18(3)22(7)44-32(40)21(6)30(45-26-12-11-25(36)23(8)43-26)20(5)29(16)46-33-28(38)24(35(9)10)13-17(2)42-33/h11,16-24,26-30,33,36-38H,12-15H2,1-10H3/t16?,17?,18?,19-,20?,21-,22?,23?,24?,26?,27+,28?,29?,30?,33?,34+/m1/s1. The summed E-state index contributed by atoms with van der Waals surface area (Å²) in [6.45, 7) is 14.7. The second-order valence-corrected chi connectivity index (χ2v) is 14.6. The molecule has 0 aromatic rings. The Morgan fingerprint density at radius 1 is 0.891 bits per heavy atom. The number of carbonyl (C=O) groups excluding carboxylic acids is 2. The molecular weight excluding hydrogens is 598 g/mol. The van der Waals surface area contributed by atoms with Gasteiger partial charge in [0.15, 0.2) is 24.0 Å². The molecule has 0 saturated carbocycles. The maximum atomic E-state index is 13.8. The van der Waals surface area contributed by atoms with Crippen molar-refractivity contribution in [2.45, 2.75) is 142 Å². The fourth-order valence-electron chi connectivity index (χ4n) is 7.39. The van der Waals surface area contributed by atoms with Crippen molar-refractivity contribution in [1.29, 1.82) is 0 Å². The molecule has 3 saturated heterocycles. The molecule has 0 radical (unpaired) electrons. The number of aliphatic hydroxyl groups excluding tert-OH is 3. The Labute approximate surface area is 273 Å². The topological polar surface area (TPSA) is 157 Å². The summed E-state index contributed by atoms with van der Waals surface area (Å²) in [6, 6.07) is -0.207. The Hall–Kier alpha value is -1.64. The molecular formula is C34H57NO11. The summed E-state index contributed by atoms with van der Waals surface area (Å²) >= 11 is 0. The summed E-state index contributed by atoms with van der Waals surface area (Å²) in [5, 5.41) is 32.7. The van der Waals surface area contributed by atoms with E-state index in [4.69, 9.17) is 28.4 Å². The van der Waals surface area contributed by atoms with E-state index < -0.39 is 84.4 Å². The first-order valence-electron chi connectivity index (χ1n) is 16.9. The van der Waals surface area contributed by atoms with Crippen LogP contribution in [-0.4, -0.2) is 120 Å². The van der Waals surface area contributed by atoms with Crippen LogP contribution in [0.3, 0.4) is 0 Å². The summed E-state index contributed by atoms with van der Waals surface area (Å²) in [7, 11) is 3.81. The number of esters is 1. The Bertz CT molecular complexity index is 1090. The normalized spacial score (nSPS) is 48.1. The fraction of sp³-hybridized carbons (Fsp3) is 0.882. The lowest BCUT2D eigenvalue weighted by atomic mass is 9.76. The number of hydrogen-bond acceptors (Lipinski definition) is 12. The predicted octanol–water partition coefficient (Wildman–Crippen LogP) is 2.97. The summed E-state index contributed by atoms with van der Waals surface area (Å²) < 4.78 is 37.2. The van der Waals surface area contributed by atoms with Crippen molar-refractivity contribution in [1.82, 2.24) is 4.90 Å². The lowest BCUT2D eigenvalue weighted by Gasteiger charge is -2.45. The average Bonchev–Trinajstić information content (AvgIpc) is 3.79. The van der Waals surface area contributed by atoms with Gasteiger partial charge in [0.25, 0.3) is 0 Å². The zero-order valence-electron chi connectivity index (χ0n) is 29.1. The minimum absolute atomic E-state index is 0.115. The van der Waals surface area contributed by atoms with Crippen LogP contribution in [0, 0.1) is 29.6 Å². The third-order valence-electron chi connectivity index (χ3n) is 10.7. The number of Topliss-reactive ketones (excluding diaryl/α,β-unsaturated/α-hetero) is 1. The maximum Gasteiger partial charge on any atom is 0.311 e. The highest BCUT2D eigenvalue weighted by molar-refractivity contribution is 5.92. The molecule has 0 aromatic heterocycles. The third kappa shape index (κ3) is 7.97. The number of likely N-dealkylation sites (N-methyl/N-ethyl adjacent to an activating group) is 1. The number of rotatable bonds is 5. The van der Waals surface area contributed by atoms with E-state index in [2.05, 4.69) is 0 Å². The molecule has 12 heteroatoms. The number of ether oxygens (including phenoxy) is 6. The van der Waals surface area contributed by atoms with Crippen LogP contribution in [0.1, 0.15) is 74.7 Å². The monoisotopic (exact) mass is 655 g/mol. The van der Waals surface area contributed by atoms with Crippen molar-refractivity contribution in [3.05, 3.63) is 11.8 Å². The number of aliphatic hydroxyl groups is 3. The van der Waals surface area contributed by atoms with E-state index in [1.54, 1.807) is 40.7 Å². The van der Waals surface area contributed by atoms with Crippen LogP contribution in [0.4, 0.5) is 0 Å². The zero-order valence-corrected chi connectivity index (χ0v) is 29.1. The molecule has 0 aromatic carbocycles. The smallest absolute Gasteiger partial charge is 0.311 e. The zero-order chi connectivity index (χ0) is 34.2. The van der Waals surface area contributed by atoms with Gasteiger partial charge in [0, 0.05) is 30.2 Å². The molecule has 4 heterocycles. The molecule has 4 aliphatic heterocycles. The van der Waals surface area contributed by atoms with E-state index in [9.17, 15) is 24.9 Å². The molecule has 0 aliphatic carbocycles. The highest BCUT2D eigenvalue weighted by Crippen LogP contribution is 2.43. The van der Waals surface area contributed by atoms with Crippen LogP contribution in [0.5, 0.6) is 0 Å². The molecule has 46 heavy (non-hydrogen) atoms. The van der Waals surface area contributed by atoms with Crippen LogP contribution in [0.2, 0.25) is 0 Å². The van der Waals surface area contributed by atoms with Gasteiger partial charge in [-0.2, -0.15) is 0 Å². The van der Waals surface area contributed by atoms with Crippen LogP contribution in [0.25, 0.3) is 0 Å². The molecule has 3 fully saturated rings. The second-order valence-electron chi connectivity index (χ2n) is 14.6. The summed E-state index contributed by atoms with van der Waals surface area (Å²) in [4.78, 5) is 29.5.